The molecule has 1 aliphatic carbocycles. The fraction of sp³-hybridized carbons (Fsp3) is 0.444. The van der Waals surface area contributed by atoms with Crippen LogP contribution >= 0.6 is 0 Å². The van der Waals surface area contributed by atoms with Crippen LogP contribution in [-0.4, -0.2) is 35.9 Å². The predicted octanol–water partition coefficient (Wildman–Crippen LogP) is 0.518. The van der Waals surface area contributed by atoms with Crippen LogP contribution in [0.2, 0.25) is 0 Å². The summed E-state index contributed by atoms with van der Waals surface area (Å²) in [7, 11) is 3.46. The van der Waals surface area contributed by atoms with Gasteiger partial charge < -0.3 is 17.0 Å². The largest absolute Gasteiger partial charge is 1.00 e. The number of halogens is 1. The van der Waals surface area contributed by atoms with Crippen LogP contribution in [0.5, 0.6) is 11.5 Å². The van der Waals surface area contributed by atoms with Crippen LogP contribution in [0.4, 0.5) is 0 Å². The smallest absolute Gasteiger partial charge is 1.00 e. The van der Waals surface area contributed by atoms with Crippen molar-refractivity contribution in [3.63, 3.8) is 0 Å². The summed E-state index contributed by atoms with van der Waals surface area (Å²) >= 11 is 1.85. The quantitative estimate of drug-likeness (QED) is 0.564. The third kappa shape index (κ3) is 4.09. The van der Waals surface area contributed by atoms with Crippen LogP contribution in [0.25, 0.3) is 0 Å². The van der Waals surface area contributed by atoms with Gasteiger partial charge in [0.1, 0.15) is 0 Å². The number of hydrogen-bond acceptors (Lipinski definition) is 2. The van der Waals surface area contributed by atoms with Crippen LogP contribution in [0.15, 0.2) is 35.9 Å². The summed E-state index contributed by atoms with van der Waals surface area (Å²) in [5.41, 5.74) is 3.82. The standard InChI is InChI=1S/C18H23O2.BrH.Mg/c1-12(2)14-10-9-13(3)11-15(14)18-16(19-4)7-6-8-17(18)20-5;;/h7-8,11,14-15H,1,9-10H2,2-5H3;1H;/q;;+1/p-1/t14-,15+;;/m0../s1. The van der Waals surface area contributed by atoms with E-state index in [2.05, 4.69) is 38.6 Å². The van der Waals surface area contributed by atoms with Gasteiger partial charge in [0.05, 0.1) is 0 Å². The summed E-state index contributed by atoms with van der Waals surface area (Å²) in [5, 5.41) is 0. The Bertz CT molecular complexity index is 555. The molecule has 2 atom stereocenters. The van der Waals surface area contributed by atoms with E-state index in [9.17, 15) is 0 Å². The molecular formula is C18H23BrMgO2. The van der Waals surface area contributed by atoms with Crippen molar-refractivity contribution in [3.05, 3.63) is 41.5 Å². The van der Waals surface area contributed by atoms with E-state index in [0.29, 0.717) is 5.92 Å². The first kappa shape index (κ1) is 19.6. The maximum Gasteiger partial charge on any atom is -1.00 e. The molecule has 2 nitrogen and oxygen atoms in total. The number of hydrogen-bond donors (Lipinski definition) is 0. The maximum absolute atomic E-state index is 5.65. The van der Waals surface area contributed by atoms with E-state index in [1.807, 2.05) is 21.7 Å². The summed E-state index contributed by atoms with van der Waals surface area (Å²) in [6, 6.07) is 4.20. The predicted molar refractivity (Wildman–Crippen MR) is 89.0 cm³/mol. The van der Waals surface area contributed by atoms with Crippen molar-refractivity contribution >= 4 is 25.4 Å². The molecule has 0 N–H and O–H groups in total. The van der Waals surface area contributed by atoms with Gasteiger partial charge in [0, 0.05) is 0 Å². The van der Waals surface area contributed by atoms with Crippen LogP contribution in [0.3, 0.4) is 0 Å². The molecule has 0 aromatic heterocycles. The molecule has 1 aromatic carbocycles. The van der Waals surface area contributed by atoms with Gasteiger partial charge in [0.15, 0.2) is 0 Å². The van der Waals surface area contributed by atoms with E-state index < -0.39 is 0 Å². The van der Waals surface area contributed by atoms with Gasteiger partial charge in [-0.05, 0) is 0 Å². The molecule has 116 valence electrons. The molecule has 0 aliphatic heterocycles. The van der Waals surface area contributed by atoms with Gasteiger partial charge in [-0.3, -0.25) is 0 Å². The second kappa shape index (κ2) is 8.41. The van der Waals surface area contributed by atoms with E-state index in [1.165, 1.54) is 14.8 Å². The molecule has 0 saturated heterocycles. The molecule has 0 spiro atoms. The molecule has 0 amide bonds. The number of rotatable bonds is 4. The first-order valence-corrected chi connectivity index (χ1v) is 8.09. The van der Waals surface area contributed by atoms with Gasteiger partial charge in [-0.2, -0.15) is 0 Å². The van der Waals surface area contributed by atoms with Gasteiger partial charge in [0.25, 0.3) is 0 Å². The minimum absolute atomic E-state index is 0. The Hall–Kier alpha value is -0.454. The van der Waals surface area contributed by atoms with Crippen LogP contribution in [-0.2, 0) is 0 Å². The Morgan fingerprint density at radius 2 is 1.77 bits per heavy atom. The SMILES string of the molecule is C=C(C)[C@@H]1CCC(C)=C[C@H]1c1c(OC)c[c]([Mg+])cc1OC.[Br-]. The fourth-order valence-electron chi connectivity index (χ4n) is 3.23. The van der Waals surface area contributed by atoms with E-state index in [0.717, 1.165) is 29.9 Å². The molecule has 2 rings (SSSR count). The second-order valence-electron chi connectivity index (χ2n) is 5.94. The third-order valence-corrected chi connectivity index (χ3v) is 4.73. The van der Waals surface area contributed by atoms with Crippen LogP contribution in [0.1, 0.15) is 38.2 Å². The zero-order valence-electron chi connectivity index (χ0n) is 13.9. The van der Waals surface area contributed by atoms with Crippen molar-refractivity contribution < 1.29 is 26.5 Å². The monoisotopic (exact) mass is 374 g/mol. The fourth-order valence-corrected chi connectivity index (χ4v) is 3.60. The molecule has 0 bridgehead atoms. The van der Waals surface area contributed by atoms with Crippen molar-refractivity contribution in [2.75, 3.05) is 14.2 Å². The Morgan fingerprint density at radius 3 is 2.23 bits per heavy atom. The van der Waals surface area contributed by atoms with Gasteiger partial charge in [-0.1, -0.05) is 0 Å². The Balaban J connectivity index is 0.00000242. The molecule has 0 fully saturated rings. The maximum atomic E-state index is 5.65. The summed E-state index contributed by atoms with van der Waals surface area (Å²) < 4.78 is 12.5. The first-order chi connectivity index (χ1) is 9.97. The Kier molecular flexibility index (Phi) is 7.49. The molecule has 22 heavy (non-hydrogen) atoms. The molecule has 0 heterocycles. The molecule has 1 aliphatic rings. The number of allylic oxidation sites excluding steroid dienone is 3. The normalized spacial score (nSPS) is 20.7. The minimum atomic E-state index is 0. The Morgan fingerprint density at radius 1 is 1.23 bits per heavy atom. The van der Waals surface area contributed by atoms with E-state index >= 15 is 0 Å². The second-order valence-corrected chi connectivity index (χ2v) is 6.76. The summed E-state index contributed by atoms with van der Waals surface area (Å²) in [6.45, 7) is 8.53. The van der Waals surface area contributed by atoms with Gasteiger partial charge in [-0.25, -0.2) is 0 Å². The van der Waals surface area contributed by atoms with Crippen molar-refractivity contribution in [1.29, 1.82) is 0 Å². The van der Waals surface area contributed by atoms with Crippen molar-refractivity contribution in [1.82, 2.24) is 0 Å². The van der Waals surface area contributed by atoms with Crippen molar-refractivity contribution in [2.24, 2.45) is 5.92 Å². The van der Waals surface area contributed by atoms with Gasteiger partial charge in [0.2, 0.25) is 0 Å². The van der Waals surface area contributed by atoms with Crippen LogP contribution < -0.4 is 30.1 Å². The molecule has 0 unspecified atom stereocenters. The summed E-state index contributed by atoms with van der Waals surface area (Å²) in [4.78, 5) is 0. The number of benzene rings is 1. The minimum Gasteiger partial charge on any atom is -1.00 e. The van der Waals surface area contributed by atoms with Crippen molar-refractivity contribution in [3.8, 4) is 11.5 Å². The van der Waals surface area contributed by atoms with Gasteiger partial charge >= 0.3 is 141 Å². The average Bonchev–Trinajstić information content (AvgIpc) is 2.45. The third-order valence-electron chi connectivity index (χ3n) is 4.32. The number of methoxy groups -OCH3 is 2. The summed E-state index contributed by atoms with van der Waals surface area (Å²) in [5.74, 6) is 2.56. The van der Waals surface area contributed by atoms with Gasteiger partial charge in [-0.15, -0.1) is 0 Å². The molecule has 0 radical (unpaired) electrons. The zero-order chi connectivity index (χ0) is 15.6. The van der Waals surface area contributed by atoms with E-state index in [1.54, 1.807) is 14.2 Å². The molecule has 1 aromatic rings. The average molecular weight is 376 g/mol. The molecule has 0 saturated carbocycles. The Labute approximate surface area is 157 Å². The molecular weight excluding hydrogens is 352 g/mol. The topological polar surface area (TPSA) is 18.5 Å². The molecule has 4 heteroatoms. The van der Waals surface area contributed by atoms with E-state index in [4.69, 9.17) is 9.47 Å². The van der Waals surface area contributed by atoms with E-state index in [-0.39, 0.29) is 22.9 Å². The zero-order valence-corrected chi connectivity index (χ0v) is 16.9. The summed E-state index contributed by atoms with van der Waals surface area (Å²) in [6.07, 6.45) is 4.65. The van der Waals surface area contributed by atoms with Crippen molar-refractivity contribution in [2.45, 2.75) is 32.6 Å². The van der Waals surface area contributed by atoms with Crippen LogP contribution in [0, 0.1) is 5.92 Å². The first-order valence-electron chi connectivity index (χ1n) is 7.38. The number of ether oxygens (including phenoxy) is 2.